The van der Waals surface area contributed by atoms with Gasteiger partial charge in [-0.25, -0.2) is 9.36 Å². The summed E-state index contributed by atoms with van der Waals surface area (Å²) in [6.07, 6.45) is 1.61. The molecule has 3 heterocycles. The van der Waals surface area contributed by atoms with E-state index in [0.29, 0.717) is 24.3 Å². The third-order valence-corrected chi connectivity index (χ3v) is 4.46. The molecule has 2 aromatic heterocycles. The van der Waals surface area contributed by atoms with Crippen molar-refractivity contribution >= 4 is 0 Å². The molecule has 1 saturated heterocycles. The van der Waals surface area contributed by atoms with Gasteiger partial charge < -0.3 is 14.0 Å². The summed E-state index contributed by atoms with van der Waals surface area (Å²) in [6, 6.07) is 7.01. The third kappa shape index (κ3) is 3.33. The van der Waals surface area contributed by atoms with Gasteiger partial charge in [0.15, 0.2) is 0 Å². The van der Waals surface area contributed by atoms with Crippen LogP contribution in [0.3, 0.4) is 0 Å². The van der Waals surface area contributed by atoms with Crippen LogP contribution in [-0.4, -0.2) is 33.0 Å². The van der Waals surface area contributed by atoms with Gasteiger partial charge in [-0.3, -0.25) is 9.36 Å². The van der Waals surface area contributed by atoms with Crippen molar-refractivity contribution in [2.24, 2.45) is 0 Å². The van der Waals surface area contributed by atoms with Gasteiger partial charge in [0.25, 0.3) is 5.56 Å². The molecule has 0 bridgehead atoms. The van der Waals surface area contributed by atoms with Gasteiger partial charge in [0.1, 0.15) is 18.5 Å². The molecule has 0 spiro atoms. The van der Waals surface area contributed by atoms with Crippen molar-refractivity contribution in [2.45, 2.75) is 25.6 Å². The minimum atomic E-state index is -1.06. The van der Waals surface area contributed by atoms with E-state index in [1.54, 1.807) is 24.3 Å². The summed E-state index contributed by atoms with van der Waals surface area (Å²) in [4.78, 5) is 29.0. The number of hydrogen-bond donors (Lipinski definition) is 0. The highest BCUT2D eigenvalue weighted by Crippen LogP contribution is 2.22. The number of nitrogens with zero attached hydrogens (tertiary/aromatic N) is 4. The lowest BCUT2D eigenvalue weighted by Gasteiger charge is -2.14. The second kappa shape index (κ2) is 7.39. The van der Waals surface area contributed by atoms with E-state index in [1.165, 1.54) is 7.11 Å². The molecule has 9 nitrogen and oxygen atoms in total. The molecule has 0 unspecified atom stereocenters. The number of methoxy groups -OCH3 is 1. The first-order chi connectivity index (χ1) is 13.6. The molecule has 1 aliphatic heterocycles. The maximum atomic E-state index is 14.1. The lowest BCUT2D eigenvalue weighted by Crippen LogP contribution is -2.42. The average molecular weight is 388 g/mol. The van der Waals surface area contributed by atoms with Crippen LogP contribution in [0.5, 0.6) is 5.75 Å². The maximum Gasteiger partial charge on any atom is 0.333 e. The molecule has 4 rings (SSSR count). The summed E-state index contributed by atoms with van der Waals surface area (Å²) in [5.74, 6) is -0.174. The fourth-order valence-corrected chi connectivity index (χ4v) is 3.05. The molecule has 0 aliphatic carbocycles. The van der Waals surface area contributed by atoms with E-state index in [-0.39, 0.29) is 18.3 Å². The molecule has 0 amide bonds. The van der Waals surface area contributed by atoms with E-state index >= 15 is 0 Å². The summed E-state index contributed by atoms with van der Waals surface area (Å²) in [5, 5.41) is 3.86. The van der Waals surface area contributed by atoms with Crippen LogP contribution in [0.4, 0.5) is 4.39 Å². The molecule has 1 fully saturated rings. The van der Waals surface area contributed by atoms with E-state index in [0.717, 1.165) is 21.8 Å². The highest BCUT2D eigenvalue weighted by molar-refractivity contribution is 5.56. The Morgan fingerprint density at radius 1 is 1.36 bits per heavy atom. The van der Waals surface area contributed by atoms with Crippen molar-refractivity contribution in [1.82, 2.24) is 19.3 Å². The van der Waals surface area contributed by atoms with Gasteiger partial charge in [-0.15, -0.1) is 0 Å². The van der Waals surface area contributed by atoms with Crippen LogP contribution in [0.1, 0.15) is 25.0 Å². The molecule has 0 saturated carbocycles. The summed E-state index contributed by atoms with van der Waals surface area (Å²) in [6.45, 7) is 0.129. The van der Waals surface area contributed by atoms with E-state index in [1.807, 2.05) is 0 Å². The topological polar surface area (TPSA) is 101 Å². The quantitative estimate of drug-likeness (QED) is 0.654. The van der Waals surface area contributed by atoms with Crippen LogP contribution in [-0.2, 0) is 11.3 Å². The van der Waals surface area contributed by atoms with Gasteiger partial charge in [-0.1, -0.05) is 17.3 Å². The fourth-order valence-electron chi connectivity index (χ4n) is 3.05. The number of halogens is 1. The number of rotatable bonds is 5. The maximum absolute atomic E-state index is 14.1. The minimum Gasteiger partial charge on any atom is -0.497 e. The number of hydrogen-bond acceptors (Lipinski definition) is 7. The van der Waals surface area contributed by atoms with Gasteiger partial charge >= 0.3 is 5.69 Å². The van der Waals surface area contributed by atoms with Crippen molar-refractivity contribution in [3.05, 3.63) is 63.0 Å². The Balaban J connectivity index is 1.67. The van der Waals surface area contributed by atoms with Crippen LogP contribution in [0.15, 0.2) is 44.6 Å². The van der Waals surface area contributed by atoms with E-state index in [2.05, 4.69) is 10.1 Å². The van der Waals surface area contributed by atoms with E-state index < -0.39 is 23.3 Å². The standard InChI is InChI=1S/C18H17FN4O5/c1-26-12-5-2-4-11(8-12)16-20-14(28-21-16)10-23-17(24)13(19)9-22(18(23)25)15-6-3-7-27-15/h2,4-5,8-9,15H,3,6-7,10H2,1H3/t15-/m1/s1. The Bertz CT molecular complexity index is 1110. The Kier molecular flexibility index (Phi) is 4.78. The Morgan fingerprint density at radius 2 is 2.21 bits per heavy atom. The summed E-state index contributed by atoms with van der Waals surface area (Å²) < 4.78 is 31.6. The zero-order valence-electron chi connectivity index (χ0n) is 15.0. The second-order valence-electron chi connectivity index (χ2n) is 6.27. The number of ether oxygens (including phenoxy) is 2. The first kappa shape index (κ1) is 18.1. The smallest absolute Gasteiger partial charge is 0.333 e. The Labute approximate surface area is 157 Å². The Morgan fingerprint density at radius 3 is 2.96 bits per heavy atom. The van der Waals surface area contributed by atoms with Crippen molar-refractivity contribution in [1.29, 1.82) is 0 Å². The average Bonchev–Trinajstić information content (AvgIpc) is 3.40. The lowest BCUT2D eigenvalue weighted by molar-refractivity contribution is 0.0503. The molecule has 28 heavy (non-hydrogen) atoms. The van der Waals surface area contributed by atoms with Crippen LogP contribution < -0.4 is 16.0 Å². The van der Waals surface area contributed by atoms with Crippen LogP contribution in [0.2, 0.25) is 0 Å². The highest BCUT2D eigenvalue weighted by atomic mass is 19.1. The monoisotopic (exact) mass is 388 g/mol. The molecule has 10 heteroatoms. The largest absolute Gasteiger partial charge is 0.497 e. The molecule has 146 valence electrons. The van der Waals surface area contributed by atoms with Gasteiger partial charge in [0, 0.05) is 12.2 Å². The summed E-state index contributed by atoms with van der Waals surface area (Å²) in [5.41, 5.74) is -1.11. The lowest BCUT2D eigenvalue weighted by atomic mass is 10.2. The highest BCUT2D eigenvalue weighted by Gasteiger charge is 2.23. The molecule has 1 aromatic carbocycles. The molecule has 1 atom stereocenters. The SMILES string of the molecule is COc1cccc(-c2noc(Cn3c(=O)c(F)cn([C@H]4CCCO4)c3=O)n2)c1. The molecule has 3 aromatic rings. The molecule has 0 N–H and O–H groups in total. The molecular weight excluding hydrogens is 371 g/mol. The zero-order chi connectivity index (χ0) is 19.7. The first-order valence-electron chi connectivity index (χ1n) is 8.67. The molecule has 0 radical (unpaired) electrons. The summed E-state index contributed by atoms with van der Waals surface area (Å²) in [7, 11) is 1.54. The molecular formula is C18H17FN4O5. The van der Waals surface area contributed by atoms with Gasteiger partial charge in [-0.2, -0.15) is 9.37 Å². The minimum absolute atomic E-state index is 0.00140. The first-order valence-corrected chi connectivity index (χ1v) is 8.67. The van der Waals surface area contributed by atoms with Gasteiger partial charge in [0.2, 0.25) is 17.5 Å². The molecule has 1 aliphatic rings. The van der Waals surface area contributed by atoms with Crippen molar-refractivity contribution in [2.75, 3.05) is 13.7 Å². The predicted molar refractivity (Wildman–Crippen MR) is 94.5 cm³/mol. The second-order valence-corrected chi connectivity index (χ2v) is 6.27. The van der Waals surface area contributed by atoms with E-state index in [9.17, 15) is 14.0 Å². The number of aromatic nitrogens is 4. The Hall–Kier alpha value is -3.27. The van der Waals surface area contributed by atoms with E-state index in [4.69, 9.17) is 14.0 Å². The van der Waals surface area contributed by atoms with Crippen molar-refractivity contribution in [3.63, 3.8) is 0 Å². The zero-order valence-corrected chi connectivity index (χ0v) is 15.0. The summed E-state index contributed by atoms with van der Waals surface area (Å²) >= 11 is 0. The van der Waals surface area contributed by atoms with Crippen LogP contribution in [0, 0.1) is 5.82 Å². The third-order valence-electron chi connectivity index (χ3n) is 4.46. The van der Waals surface area contributed by atoms with Gasteiger partial charge in [-0.05, 0) is 25.0 Å². The normalized spacial score (nSPS) is 16.4. The van der Waals surface area contributed by atoms with Crippen LogP contribution >= 0.6 is 0 Å². The predicted octanol–water partition coefficient (Wildman–Crippen LogP) is 1.56. The van der Waals surface area contributed by atoms with Crippen molar-refractivity contribution in [3.8, 4) is 17.1 Å². The van der Waals surface area contributed by atoms with Crippen molar-refractivity contribution < 1.29 is 18.4 Å². The number of benzene rings is 1. The van der Waals surface area contributed by atoms with Gasteiger partial charge in [0.05, 0.1) is 13.3 Å². The van der Waals surface area contributed by atoms with Crippen LogP contribution in [0.25, 0.3) is 11.4 Å². The fraction of sp³-hybridized carbons (Fsp3) is 0.333.